The summed E-state index contributed by atoms with van der Waals surface area (Å²) in [4.78, 5) is 49.3. The lowest BCUT2D eigenvalue weighted by atomic mass is 9.98. The van der Waals surface area contributed by atoms with Crippen LogP contribution in [0.1, 0.15) is 50.3 Å². The van der Waals surface area contributed by atoms with Gasteiger partial charge in [0.25, 0.3) is 0 Å². The molecule has 0 fully saturated rings. The van der Waals surface area contributed by atoms with Gasteiger partial charge in [-0.1, -0.05) is 72.4 Å². The van der Waals surface area contributed by atoms with Crippen molar-refractivity contribution in [2.45, 2.75) is 56.9 Å². The Bertz CT molecular complexity index is 1420. The quantitative estimate of drug-likeness (QED) is 0.268. The summed E-state index contributed by atoms with van der Waals surface area (Å²) in [5.74, 6) is -1.27. The highest BCUT2D eigenvalue weighted by Gasteiger charge is 2.30. The predicted octanol–water partition coefficient (Wildman–Crippen LogP) is 6.22. The Balaban J connectivity index is 1.28. The summed E-state index contributed by atoms with van der Waals surface area (Å²) in [5.41, 5.74) is 4.87. The Labute approximate surface area is 249 Å². The van der Waals surface area contributed by atoms with Crippen molar-refractivity contribution in [2.24, 2.45) is 0 Å². The van der Waals surface area contributed by atoms with E-state index in [1.807, 2.05) is 48.5 Å². The molecule has 0 spiro atoms. The number of carbonyl (C=O) groups excluding carboxylic acids is 3. The number of amides is 2. The normalized spacial score (nSPS) is 13.7. The SMILES string of the molecule is C[C@@H](NC(=O)OCC1c2ccccc2-c2ccccc21)C(=O)S[C@H](Cc1ccc(NC(=O)OC(C)(C)C)cc1)C(=O)O. The third kappa shape index (κ3) is 7.91. The van der Waals surface area contributed by atoms with Gasteiger partial charge in [-0.3, -0.25) is 14.9 Å². The van der Waals surface area contributed by atoms with Gasteiger partial charge in [0, 0.05) is 11.6 Å². The molecule has 0 aromatic heterocycles. The molecule has 9 nitrogen and oxygen atoms in total. The molecular formula is C32H34N2O7S. The van der Waals surface area contributed by atoms with E-state index in [1.165, 1.54) is 6.92 Å². The number of rotatable bonds is 9. The topological polar surface area (TPSA) is 131 Å². The largest absolute Gasteiger partial charge is 0.480 e. The van der Waals surface area contributed by atoms with Crippen LogP contribution in [-0.4, -0.2) is 51.9 Å². The van der Waals surface area contributed by atoms with Gasteiger partial charge < -0.3 is 19.9 Å². The van der Waals surface area contributed by atoms with Gasteiger partial charge in [0.2, 0.25) is 5.12 Å². The number of anilines is 1. The molecule has 1 aliphatic carbocycles. The van der Waals surface area contributed by atoms with Crippen molar-refractivity contribution in [3.05, 3.63) is 89.5 Å². The first-order chi connectivity index (χ1) is 19.9. The summed E-state index contributed by atoms with van der Waals surface area (Å²) in [6.45, 7) is 6.87. The molecule has 42 heavy (non-hydrogen) atoms. The summed E-state index contributed by atoms with van der Waals surface area (Å²) in [5, 5.41) is 13.3. The second kappa shape index (κ2) is 13.1. The molecule has 2 atom stereocenters. The number of alkyl carbamates (subject to hydrolysis) is 1. The van der Waals surface area contributed by atoms with Crippen molar-refractivity contribution in [2.75, 3.05) is 11.9 Å². The Kier molecular flexibility index (Phi) is 9.57. The third-order valence-corrected chi connectivity index (χ3v) is 7.82. The van der Waals surface area contributed by atoms with Crippen LogP contribution in [0.5, 0.6) is 0 Å². The molecule has 3 aromatic rings. The van der Waals surface area contributed by atoms with E-state index in [-0.39, 0.29) is 18.9 Å². The van der Waals surface area contributed by atoms with E-state index in [4.69, 9.17) is 9.47 Å². The number of ether oxygens (including phenoxy) is 2. The van der Waals surface area contributed by atoms with Crippen molar-refractivity contribution < 1.29 is 33.8 Å². The maximum Gasteiger partial charge on any atom is 0.412 e. The van der Waals surface area contributed by atoms with Crippen molar-refractivity contribution in [1.82, 2.24) is 5.32 Å². The number of hydrogen-bond acceptors (Lipinski definition) is 7. The van der Waals surface area contributed by atoms with E-state index in [0.29, 0.717) is 23.0 Å². The predicted molar refractivity (Wildman–Crippen MR) is 162 cm³/mol. The van der Waals surface area contributed by atoms with Crippen LogP contribution in [0, 0.1) is 0 Å². The van der Waals surface area contributed by atoms with Gasteiger partial charge in [0.15, 0.2) is 0 Å². The minimum atomic E-state index is -1.15. The van der Waals surface area contributed by atoms with E-state index in [0.717, 1.165) is 22.3 Å². The lowest BCUT2D eigenvalue weighted by molar-refractivity contribution is -0.136. The number of fused-ring (bicyclic) bond motifs is 3. The van der Waals surface area contributed by atoms with Crippen LogP contribution in [0.4, 0.5) is 15.3 Å². The number of thioether (sulfide) groups is 1. The van der Waals surface area contributed by atoms with Gasteiger partial charge in [-0.25, -0.2) is 9.59 Å². The van der Waals surface area contributed by atoms with Crippen molar-refractivity contribution >= 4 is 40.7 Å². The van der Waals surface area contributed by atoms with Gasteiger partial charge in [-0.2, -0.15) is 0 Å². The van der Waals surface area contributed by atoms with E-state index in [2.05, 4.69) is 10.6 Å². The second-order valence-corrected chi connectivity index (χ2v) is 12.2. The van der Waals surface area contributed by atoms with Gasteiger partial charge in [0.1, 0.15) is 17.5 Å². The fourth-order valence-corrected chi connectivity index (χ4v) is 5.58. The van der Waals surface area contributed by atoms with E-state index < -0.39 is 40.2 Å². The highest BCUT2D eigenvalue weighted by Crippen LogP contribution is 2.44. The van der Waals surface area contributed by atoms with Gasteiger partial charge >= 0.3 is 18.2 Å². The fraction of sp³-hybridized carbons (Fsp3) is 0.312. The molecule has 2 amide bonds. The molecule has 3 aromatic carbocycles. The van der Waals surface area contributed by atoms with Gasteiger partial charge in [-0.05, 0) is 74.1 Å². The van der Waals surface area contributed by atoms with E-state index >= 15 is 0 Å². The minimum absolute atomic E-state index is 0.0656. The molecule has 0 heterocycles. The van der Waals surface area contributed by atoms with Gasteiger partial charge in [0.05, 0.1) is 6.04 Å². The molecule has 10 heteroatoms. The minimum Gasteiger partial charge on any atom is -0.480 e. The number of hydrogen-bond donors (Lipinski definition) is 3. The zero-order valence-corrected chi connectivity index (χ0v) is 24.7. The second-order valence-electron chi connectivity index (χ2n) is 11.0. The molecule has 1 aliphatic rings. The molecule has 0 bridgehead atoms. The van der Waals surface area contributed by atoms with Crippen molar-refractivity contribution in [3.63, 3.8) is 0 Å². The first-order valence-electron chi connectivity index (χ1n) is 13.5. The zero-order valence-electron chi connectivity index (χ0n) is 23.9. The summed E-state index contributed by atoms with van der Waals surface area (Å²) < 4.78 is 10.7. The van der Waals surface area contributed by atoms with Crippen molar-refractivity contribution in [1.29, 1.82) is 0 Å². The monoisotopic (exact) mass is 590 g/mol. The molecule has 0 saturated carbocycles. The maximum absolute atomic E-state index is 12.8. The van der Waals surface area contributed by atoms with E-state index in [1.54, 1.807) is 45.0 Å². The molecule has 3 N–H and O–H groups in total. The lowest BCUT2D eigenvalue weighted by Crippen LogP contribution is -2.39. The highest BCUT2D eigenvalue weighted by molar-refractivity contribution is 8.14. The van der Waals surface area contributed by atoms with Crippen LogP contribution < -0.4 is 10.6 Å². The molecule has 0 saturated heterocycles. The first-order valence-corrected chi connectivity index (χ1v) is 14.4. The van der Waals surface area contributed by atoms with Crippen molar-refractivity contribution in [3.8, 4) is 11.1 Å². The van der Waals surface area contributed by atoms with Crippen LogP contribution in [-0.2, 0) is 25.5 Å². The highest BCUT2D eigenvalue weighted by atomic mass is 32.2. The molecule has 0 radical (unpaired) electrons. The third-order valence-electron chi connectivity index (χ3n) is 6.59. The number of aliphatic carboxylic acids is 1. The number of benzene rings is 3. The Morgan fingerprint density at radius 2 is 1.45 bits per heavy atom. The van der Waals surface area contributed by atoms with Crippen LogP contribution >= 0.6 is 11.8 Å². The van der Waals surface area contributed by atoms with Crippen LogP contribution in [0.2, 0.25) is 0 Å². The molecule has 0 aliphatic heterocycles. The lowest BCUT2D eigenvalue weighted by Gasteiger charge is -2.20. The Morgan fingerprint density at radius 3 is 2.00 bits per heavy atom. The van der Waals surface area contributed by atoms with Gasteiger partial charge in [-0.15, -0.1) is 0 Å². The fourth-order valence-electron chi connectivity index (χ4n) is 4.66. The summed E-state index contributed by atoms with van der Waals surface area (Å²) in [6.07, 6.45) is -1.29. The summed E-state index contributed by atoms with van der Waals surface area (Å²) in [6, 6.07) is 21.6. The molecule has 220 valence electrons. The average molecular weight is 591 g/mol. The van der Waals surface area contributed by atoms with E-state index in [9.17, 15) is 24.3 Å². The van der Waals surface area contributed by atoms with Crippen LogP contribution in [0.25, 0.3) is 11.1 Å². The number of carboxylic acids is 1. The maximum atomic E-state index is 12.8. The number of nitrogens with one attached hydrogen (secondary N) is 2. The number of carboxylic acid groups (broad SMARTS) is 1. The first kappa shape index (κ1) is 30.6. The van der Waals surface area contributed by atoms with Crippen LogP contribution in [0.3, 0.4) is 0 Å². The Hall–Kier alpha value is -4.31. The summed E-state index contributed by atoms with van der Waals surface area (Å²) in [7, 11) is 0. The average Bonchev–Trinajstić information content (AvgIpc) is 3.25. The molecule has 4 rings (SSSR count). The standard InChI is InChI=1S/C32H34N2O7S/c1-19(33-30(38)40-18-26-24-11-7-5-9-22(24)23-10-6-8-12-25(23)26)29(37)42-27(28(35)36)17-20-13-15-21(16-14-20)34-31(39)41-32(2,3)4/h5-16,19,26-27H,17-18H2,1-4H3,(H,33,38)(H,34,39)(H,35,36)/t19-,27-/m1/s1. The summed E-state index contributed by atoms with van der Waals surface area (Å²) >= 11 is 0.645. The molecular weight excluding hydrogens is 556 g/mol. The van der Waals surface area contributed by atoms with Crippen LogP contribution in [0.15, 0.2) is 72.8 Å². The zero-order chi connectivity index (χ0) is 30.4. The molecule has 0 unspecified atom stereocenters. The number of carbonyl (C=O) groups is 4. The smallest absolute Gasteiger partial charge is 0.412 e. The Morgan fingerprint density at radius 1 is 0.881 bits per heavy atom.